The molecule has 2 aromatic rings. The van der Waals surface area contributed by atoms with E-state index in [2.05, 4.69) is 35.1 Å². The second-order valence-corrected chi connectivity index (χ2v) is 8.59. The van der Waals surface area contributed by atoms with Crippen LogP contribution >= 0.6 is 15.9 Å². The topological polar surface area (TPSA) is 58.6 Å². The first kappa shape index (κ1) is 21.4. The van der Waals surface area contributed by atoms with Gasteiger partial charge in [-0.2, -0.15) is 0 Å². The fourth-order valence-corrected chi connectivity index (χ4v) is 3.69. The van der Waals surface area contributed by atoms with E-state index in [0.29, 0.717) is 29.3 Å². The van der Waals surface area contributed by atoms with Gasteiger partial charge in [-0.05, 0) is 83.6 Å². The molecule has 0 aromatic heterocycles. The number of carbonyl (C=O) groups is 2. The van der Waals surface area contributed by atoms with Gasteiger partial charge in [-0.25, -0.2) is 0 Å². The van der Waals surface area contributed by atoms with Crippen molar-refractivity contribution in [1.29, 1.82) is 0 Å². The molecular formula is C23H27BrN2O3. The van der Waals surface area contributed by atoms with Crippen molar-refractivity contribution in [2.24, 2.45) is 5.92 Å². The molecule has 0 spiro atoms. The van der Waals surface area contributed by atoms with Crippen LogP contribution in [0, 0.1) is 5.92 Å². The van der Waals surface area contributed by atoms with Crippen LogP contribution in [0.2, 0.25) is 0 Å². The third kappa shape index (κ3) is 5.82. The van der Waals surface area contributed by atoms with Gasteiger partial charge in [0.25, 0.3) is 11.8 Å². The van der Waals surface area contributed by atoms with Crippen LogP contribution < -0.4 is 10.1 Å². The first-order valence-corrected chi connectivity index (χ1v) is 10.9. The molecule has 1 aliphatic rings. The Bertz CT molecular complexity index is 859. The average Bonchev–Trinajstić information content (AvgIpc) is 2.73. The molecule has 5 nitrogen and oxygen atoms in total. The normalized spacial score (nSPS) is 14.0. The second-order valence-electron chi connectivity index (χ2n) is 7.73. The number of amides is 2. The van der Waals surface area contributed by atoms with E-state index in [4.69, 9.17) is 4.74 Å². The minimum Gasteiger partial charge on any atom is -0.492 e. The van der Waals surface area contributed by atoms with Crippen molar-refractivity contribution in [3.63, 3.8) is 0 Å². The standard InChI is InChI=1S/C23H27BrN2O3/c1-16(2)15-29-21-11-8-18(14-20(21)24)22(27)25-19-9-6-17(7-10-19)23(28)26-12-4-3-5-13-26/h6-11,14,16H,3-5,12-13,15H2,1-2H3,(H,25,27). The van der Waals surface area contributed by atoms with Gasteiger partial charge >= 0.3 is 0 Å². The molecule has 2 aromatic carbocycles. The van der Waals surface area contributed by atoms with Crippen molar-refractivity contribution < 1.29 is 14.3 Å². The summed E-state index contributed by atoms with van der Waals surface area (Å²) in [5.41, 5.74) is 1.84. The number of nitrogens with zero attached hydrogens (tertiary/aromatic N) is 1. The summed E-state index contributed by atoms with van der Waals surface area (Å²) in [7, 11) is 0. The summed E-state index contributed by atoms with van der Waals surface area (Å²) in [5, 5.41) is 2.88. The number of halogens is 1. The SMILES string of the molecule is CC(C)COc1ccc(C(=O)Nc2ccc(C(=O)N3CCCCC3)cc2)cc1Br. The highest BCUT2D eigenvalue weighted by Crippen LogP contribution is 2.27. The number of hydrogen-bond acceptors (Lipinski definition) is 3. The molecule has 3 rings (SSSR count). The highest BCUT2D eigenvalue weighted by atomic mass is 79.9. The van der Waals surface area contributed by atoms with Crippen LogP contribution in [0.15, 0.2) is 46.9 Å². The van der Waals surface area contributed by atoms with E-state index in [9.17, 15) is 9.59 Å². The Morgan fingerprint density at radius 3 is 2.31 bits per heavy atom. The van der Waals surface area contributed by atoms with E-state index in [-0.39, 0.29) is 11.8 Å². The molecule has 0 unspecified atom stereocenters. The quantitative estimate of drug-likeness (QED) is 0.633. The Morgan fingerprint density at radius 1 is 1.03 bits per heavy atom. The summed E-state index contributed by atoms with van der Waals surface area (Å²) >= 11 is 3.47. The van der Waals surface area contributed by atoms with E-state index in [0.717, 1.165) is 36.2 Å². The predicted molar refractivity (Wildman–Crippen MR) is 119 cm³/mol. The highest BCUT2D eigenvalue weighted by Gasteiger charge is 2.18. The molecule has 0 aliphatic carbocycles. The summed E-state index contributed by atoms with van der Waals surface area (Å²) in [6.07, 6.45) is 3.32. The lowest BCUT2D eigenvalue weighted by Gasteiger charge is -2.26. The molecule has 1 saturated heterocycles. The lowest BCUT2D eigenvalue weighted by Crippen LogP contribution is -2.35. The van der Waals surface area contributed by atoms with Crippen molar-refractivity contribution in [3.8, 4) is 5.75 Å². The lowest BCUT2D eigenvalue weighted by atomic mass is 10.1. The number of hydrogen-bond donors (Lipinski definition) is 1. The zero-order valence-electron chi connectivity index (χ0n) is 16.9. The number of rotatable bonds is 6. The molecule has 1 N–H and O–H groups in total. The van der Waals surface area contributed by atoms with Crippen LogP contribution in [0.25, 0.3) is 0 Å². The van der Waals surface area contributed by atoms with Gasteiger partial charge in [0, 0.05) is 29.9 Å². The van der Waals surface area contributed by atoms with Crippen LogP contribution in [0.3, 0.4) is 0 Å². The molecule has 1 aliphatic heterocycles. The van der Waals surface area contributed by atoms with Crippen molar-refractivity contribution >= 4 is 33.4 Å². The molecule has 1 heterocycles. The molecular weight excluding hydrogens is 432 g/mol. The largest absolute Gasteiger partial charge is 0.492 e. The van der Waals surface area contributed by atoms with Crippen LogP contribution in [0.1, 0.15) is 53.8 Å². The van der Waals surface area contributed by atoms with Gasteiger partial charge in [-0.1, -0.05) is 13.8 Å². The monoisotopic (exact) mass is 458 g/mol. The number of nitrogens with one attached hydrogen (secondary N) is 1. The first-order valence-electron chi connectivity index (χ1n) is 10.1. The van der Waals surface area contributed by atoms with E-state index in [1.54, 1.807) is 42.5 Å². The van der Waals surface area contributed by atoms with Gasteiger partial charge in [-0.3, -0.25) is 9.59 Å². The number of piperidine rings is 1. The Labute approximate surface area is 180 Å². The maximum atomic E-state index is 12.6. The summed E-state index contributed by atoms with van der Waals surface area (Å²) < 4.78 is 6.47. The van der Waals surface area contributed by atoms with Crippen molar-refractivity contribution in [1.82, 2.24) is 4.90 Å². The maximum Gasteiger partial charge on any atom is 0.255 e. The minimum atomic E-state index is -0.212. The van der Waals surface area contributed by atoms with E-state index in [1.165, 1.54) is 6.42 Å². The number of carbonyl (C=O) groups excluding carboxylic acids is 2. The molecule has 0 saturated carbocycles. The van der Waals surface area contributed by atoms with Crippen LogP contribution in [0.4, 0.5) is 5.69 Å². The second kappa shape index (κ2) is 9.92. The zero-order chi connectivity index (χ0) is 20.8. The molecule has 6 heteroatoms. The molecule has 0 bridgehead atoms. The lowest BCUT2D eigenvalue weighted by molar-refractivity contribution is 0.0724. The van der Waals surface area contributed by atoms with Gasteiger partial charge in [0.1, 0.15) is 5.75 Å². The van der Waals surface area contributed by atoms with E-state index < -0.39 is 0 Å². The fourth-order valence-electron chi connectivity index (χ4n) is 3.19. The number of ether oxygens (including phenoxy) is 1. The Morgan fingerprint density at radius 2 is 1.69 bits per heavy atom. The van der Waals surface area contributed by atoms with Gasteiger partial charge in [0.15, 0.2) is 0 Å². The summed E-state index contributed by atoms with van der Waals surface area (Å²) in [6, 6.07) is 12.4. The number of likely N-dealkylation sites (tertiary alicyclic amines) is 1. The molecule has 154 valence electrons. The van der Waals surface area contributed by atoms with Gasteiger partial charge in [0.2, 0.25) is 0 Å². The smallest absolute Gasteiger partial charge is 0.255 e. The first-order chi connectivity index (χ1) is 13.9. The highest BCUT2D eigenvalue weighted by molar-refractivity contribution is 9.10. The number of anilines is 1. The third-order valence-electron chi connectivity index (χ3n) is 4.80. The average molecular weight is 459 g/mol. The Balaban J connectivity index is 1.61. The van der Waals surface area contributed by atoms with Crippen LogP contribution in [-0.4, -0.2) is 36.4 Å². The maximum absolute atomic E-state index is 12.6. The van der Waals surface area contributed by atoms with E-state index in [1.807, 2.05) is 4.90 Å². The Hall–Kier alpha value is -2.34. The van der Waals surface area contributed by atoms with Crippen molar-refractivity contribution in [2.75, 3.05) is 25.0 Å². The van der Waals surface area contributed by atoms with Gasteiger partial charge in [0.05, 0.1) is 11.1 Å². The fraction of sp³-hybridized carbons (Fsp3) is 0.391. The molecule has 29 heavy (non-hydrogen) atoms. The van der Waals surface area contributed by atoms with Crippen molar-refractivity contribution in [2.45, 2.75) is 33.1 Å². The predicted octanol–water partition coefficient (Wildman–Crippen LogP) is 5.36. The van der Waals surface area contributed by atoms with Gasteiger partial charge in [-0.15, -0.1) is 0 Å². The number of benzene rings is 2. The summed E-state index contributed by atoms with van der Waals surface area (Å²) in [5.74, 6) is 0.991. The summed E-state index contributed by atoms with van der Waals surface area (Å²) in [6.45, 7) is 6.43. The van der Waals surface area contributed by atoms with Crippen LogP contribution in [0.5, 0.6) is 5.75 Å². The summed E-state index contributed by atoms with van der Waals surface area (Å²) in [4.78, 5) is 27.0. The minimum absolute atomic E-state index is 0.0588. The third-order valence-corrected chi connectivity index (χ3v) is 5.42. The molecule has 0 radical (unpaired) electrons. The molecule has 0 atom stereocenters. The van der Waals surface area contributed by atoms with Crippen molar-refractivity contribution in [3.05, 3.63) is 58.1 Å². The van der Waals surface area contributed by atoms with E-state index >= 15 is 0 Å². The van der Waals surface area contributed by atoms with Crippen LogP contribution in [-0.2, 0) is 0 Å². The Kier molecular flexibility index (Phi) is 7.31. The zero-order valence-corrected chi connectivity index (χ0v) is 18.5. The molecule has 1 fully saturated rings. The molecule has 2 amide bonds. The van der Waals surface area contributed by atoms with Gasteiger partial charge < -0.3 is 15.0 Å².